The molecule has 2 aromatic rings. The summed E-state index contributed by atoms with van der Waals surface area (Å²) in [6.07, 6.45) is 6.38. The topological polar surface area (TPSA) is 20.3 Å². The summed E-state index contributed by atoms with van der Waals surface area (Å²) in [7, 11) is 0. The molecule has 0 radical (unpaired) electrons. The fourth-order valence-electron chi connectivity index (χ4n) is 3.54. The maximum absolute atomic E-state index is 13.0. The Bertz CT molecular complexity index is 667. The number of nitrogens with zero attached hydrogens (tertiary/aromatic N) is 1. The largest absolute Gasteiger partial charge is 0.334 e. The number of amides is 1. The van der Waals surface area contributed by atoms with Crippen molar-refractivity contribution in [3.63, 3.8) is 0 Å². The molecule has 1 fully saturated rings. The van der Waals surface area contributed by atoms with Crippen molar-refractivity contribution in [2.75, 3.05) is 0 Å². The van der Waals surface area contributed by atoms with Crippen LogP contribution >= 0.6 is 11.3 Å². The van der Waals surface area contributed by atoms with E-state index >= 15 is 0 Å². The van der Waals surface area contributed by atoms with Crippen LogP contribution in [-0.2, 0) is 24.2 Å². The summed E-state index contributed by atoms with van der Waals surface area (Å²) in [5.41, 5.74) is 2.45. The van der Waals surface area contributed by atoms with Gasteiger partial charge in [-0.25, -0.2) is 0 Å². The molecular formula is C21H27NOS. The van der Waals surface area contributed by atoms with Crippen LogP contribution in [0.2, 0.25) is 0 Å². The van der Waals surface area contributed by atoms with Gasteiger partial charge in [-0.05, 0) is 49.4 Å². The number of aryl methyl sites for hydroxylation is 2. The second-order valence-corrected chi connectivity index (χ2v) is 8.19. The number of hydrogen-bond acceptors (Lipinski definition) is 2. The second-order valence-electron chi connectivity index (χ2n) is 6.82. The first kappa shape index (κ1) is 17.2. The number of rotatable bonds is 6. The predicted octanol–water partition coefficient (Wildman–Crippen LogP) is 5.13. The highest BCUT2D eigenvalue weighted by Gasteiger charge is 2.27. The van der Waals surface area contributed by atoms with Crippen molar-refractivity contribution in [1.82, 2.24) is 4.90 Å². The van der Waals surface area contributed by atoms with Crippen molar-refractivity contribution in [3.05, 3.63) is 57.3 Å². The van der Waals surface area contributed by atoms with Gasteiger partial charge in [0.2, 0.25) is 5.91 Å². The molecule has 1 heterocycles. The Hall–Kier alpha value is -1.61. The zero-order valence-electron chi connectivity index (χ0n) is 14.8. The molecule has 1 aliphatic rings. The molecule has 1 amide bonds. The van der Waals surface area contributed by atoms with Crippen LogP contribution in [0.1, 0.15) is 53.5 Å². The van der Waals surface area contributed by atoms with Crippen LogP contribution in [-0.4, -0.2) is 16.8 Å². The number of thiophene rings is 1. The first-order chi connectivity index (χ1) is 11.7. The van der Waals surface area contributed by atoms with E-state index in [1.54, 1.807) is 0 Å². The van der Waals surface area contributed by atoms with Gasteiger partial charge in [-0.2, -0.15) is 0 Å². The van der Waals surface area contributed by atoms with Crippen LogP contribution in [0.25, 0.3) is 0 Å². The van der Waals surface area contributed by atoms with E-state index in [1.165, 1.54) is 28.2 Å². The zero-order chi connectivity index (χ0) is 16.9. The van der Waals surface area contributed by atoms with E-state index in [4.69, 9.17) is 0 Å². The minimum Gasteiger partial charge on any atom is -0.334 e. The lowest BCUT2D eigenvalue weighted by molar-refractivity contribution is -0.133. The quantitative estimate of drug-likeness (QED) is 0.713. The van der Waals surface area contributed by atoms with Crippen LogP contribution in [0.3, 0.4) is 0 Å². The third-order valence-corrected chi connectivity index (χ3v) is 5.98. The molecule has 1 aliphatic carbocycles. The Kier molecular flexibility index (Phi) is 5.72. The number of carbonyl (C=O) groups is 1. The van der Waals surface area contributed by atoms with Gasteiger partial charge in [0.25, 0.3) is 0 Å². The molecule has 1 saturated carbocycles. The molecule has 0 saturated heterocycles. The van der Waals surface area contributed by atoms with Crippen molar-refractivity contribution in [2.45, 2.75) is 65.0 Å². The summed E-state index contributed by atoms with van der Waals surface area (Å²) in [6.45, 7) is 5.06. The van der Waals surface area contributed by atoms with E-state index in [1.807, 2.05) is 11.3 Å². The minimum absolute atomic E-state index is 0.275. The smallest absolute Gasteiger partial charge is 0.227 e. The average Bonchev–Trinajstić information content (AvgIpc) is 3.25. The lowest BCUT2D eigenvalue weighted by Gasteiger charge is -2.29. The van der Waals surface area contributed by atoms with Gasteiger partial charge in [0.05, 0.1) is 13.0 Å². The van der Waals surface area contributed by atoms with Crippen LogP contribution in [0, 0.1) is 6.92 Å². The molecular weight excluding hydrogens is 314 g/mol. The lowest BCUT2D eigenvalue weighted by atomic mass is 10.1. The number of benzene rings is 1. The van der Waals surface area contributed by atoms with Gasteiger partial charge < -0.3 is 4.90 Å². The van der Waals surface area contributed by atoms with E-state index < -0.39 is 0 Å². The van der Waals surface area contributed by atoms with Crippen molar-refractivity contribution < 1.29 is 4.79 Å². The summed E-state index contributed by atoms with van der Waals surface area (Å²) in [4.78, 5) is 17.8. The lowest BCUT2D eigenvalue weighted by Crippen LogP contribution is -2.39. The van der Waals surface area contributed by atoms with Crippen molar-refractivity contribution >= 4 is 17.2 Å². The van der Waals surface area contributed by atoms with E-state index in [0.29, 0.717) is 12.5 Å². The van der Waals surface area contributed by atoms with Gasteiger partial charge in [0, 0.05) is 15.8 Å². The molecule has 0 unspecified atom stereocenters. The maximum Gasteiger partial charge on any atom is 0.227 e. The van der Waals surface area contributed by atoms with Crippen molar-refractivity contribution in [3.8, 4) is 0 Å². The highest BCUT2D eigenvalue weighted by molar-refractivity contribution is 7.11. The third kappa shape index (κ3) is 4.27. The maximum atomic E-state index is 13.0. The fourth-order valence-corrected chi connectivity index (χ4v) is 4.43. The summed E-state index contributed by atoms with van der Waals surface area (Å²) in [5, 5.41) is 0. The summed E-state index contributed by atoms with van der Waals surface area (Å²) >= 11 is 1.81. The molecule has 0 N–H and O–H groups in total. The van der Waals surface area contributed by atoms with E-state index in [0.717, 1.165) is 31.4 Å². The molecule has 3 heteroatoms. The third-order valence-electron chi connectivity index (χ3n) is 4.99. The Morgan fingerprint density at radius 2 is 1.75 bits per heavy atom. The fraction of sp³-hybridized carbons (Fsp3) is 0.476. The van der Waals surface area contributed by atoms with Gasteiger partial charge in [0.1, 0.15) is 0 Å². The summed E-state index contributed by atoms with van der Waals surface area (Å²) in [6, 6.07) is 13.3. The minimum atomic E-state index is 0.275. The highest BCUT2D eigenvalue weighted by Crippen LogP contribution is 2.27. The number of hydrogen-bond donors (Lipinski definition) is 0. The molecule has 2 nitrogen and oxygen atoms in total. The summed E-state index contributed by atoms with van der Waals surface area (Å²) in [5.74, 6) is 0.275. The first-order valence-electron chi connectivity index (χ1n) is 9.08. The van der Waals surface area contributed by atoms with Crippen molar-refractivity contribution in [1.29, 1.82) is 0 Å². The van der Waals surface area contributed by atoms with Gasteiger partial charge >= 0.3 is 0 Å². The molecule has 0 bridgehead atoms. The molecule has 3 rings (SSSR count). The van der Waals surface area contributed by atoms with Crippen LogP contribution in [0.4, 0.5) is 0 Å². The normalized spacial score (nSPS) is 14.9. The van der Waals surface area contributed by atoms with E-state index in [9.17, 15) is 4.79 Å². The molecule has 0 atom stereocenters. The first-order valence-corrected chi connectivity index (χ1v) is 9.90. The molecule has 24 heavy (non-hydrogen) atoms. The zero-order valence-corrected chi connectivity index (χ0v) is 15.6. The molecule has 128 valence electrons. The van der Waals surface area contributed by atoms with Gasteiger partial charge in [0.15, 0.2) is 0 Å². The van der Waals surface area contributed by atoms with Crippen LogP contribution in [0.5, 0.6) is 0 Å². The Morgan fingerprint density at radius 3 is 2.33 bits per heavy atom. The van der Waals surface area contributed by atoms with Gasteiger partial charge in [-0.15, -0.1) is 11.3 Å². The number of carbonyl (C=O) groups excluding carboxylic acids is 1. The monoisotopic (exact) mass is 341 g/mol. The highest BCUT2D eigenvalue weighted by atomic mass is 32.1. The molecule has 1 aromatic carbocycles. The molecule has 1 aromatic heterocycles. The average molecular weight is 342 g/mol. The van der Waals surface area contributed by atoms with Gasteiger partial charge in [-0.3, -0.25) is 4.79 Å². The van der Waals surface area contributed by atoms with Crippen molar-refractivity contribution in [2.24, 2.45) is 0 Å². The Balaban J connectivity index is 1.72. The van der Waals surface area contributed by atoms with E-state index in [2.05, 4.69) is 55.1 Å². The standard InChI is InChI=1S/C21H27NOS/c1-3-17-9-11-18(12-10-17)14-21(23)22(19-6-4-5-7-19)15-20-13-8-16(2)24-20/h8-13,19H,3-7,14-15H2,1-2H3. The molecule has 0 spiro atoms. The second kappa shape index (κ2) is 7.98. The Labute approximate surface area is 149 Å². The predicted molar refractivity (Wildman–Crippen MR) is 101 cm³/mol. The van der Waals surface area contributed by atoms with Crippen LogP contribution in [0.15, 0.2) is 36.4 Å². The Morgan fingerprint density at radius 1 is 1.08 bits per heavy atom. The summed E-state index contributed by atoms with van der Waals surface area (Å²) < 4.78 is 0. The molecule has 0 aliphatic heterocycles. The van der Waals surface area contributed by atoms with Gasteiger partial charge in [-0.1, -0.05) is 44.0 Å². The van der Waals surface area contributed by atoms with Crippen LogP contribution < -0.4 is 0 Å². The van der Waals surface area contributed by atoms with E-state index in [-0.39, 0.29) is 5.91 Å². The SMILES string of the molecule is CCc1ccc(CC(=O)N(Cc2ccc(C)s2)C2CCCC2)cc1.